The minimum atomic E-state index is -0.750. The molecule has 0 aromatic carbocycles. The summed E-state index contributed by atoms with van der Waals surface area (Å²) in [5, 5.41) is 8.98. The van der Waals surface area contributed by atoms with E-state index in [0.29, 0.717) is 11.5 Å². The third kappa shape index (κ3) is 3.41. The zero-order chi connectivity index (χ0) is 17.1. The Morgan fingerprint density at radius 2 is 2.04 bits per heavy atom. The average Bonchev–Trinajstić information content (AvgIpc) is 3.09. The van der Waals surface area contributed by atoms with Crippen molar-refractivity contribution >= 4 is 23.1 Å². The van der Waals surface area contributed by atoms with Crippen LogP contribution in [-0.2, 0) is 4.79 Å². The molecule has 0 aliphatic rings. The lowest BCUT2D eigenvalue weighted by Gasteiger charge is -2.14. The van der Waals surface area contributed by atoms with Crippen molar-refractivity contribution in [2.45, 2.75) is 19.9 Å². The highest BCUT2D eigenvalue weighted by Gasteiger charge is 2.18. The fourth-order valence-corrected chi connectivity index (χ4v) is 2.90. The number of rotatable bonds is 4. The van der Waals surface area contributed by atoms with Gasteiger partial charge in [-0.2, -0.15) is 5.10 Å². The lowest BCUT2D eigenvalue weighted by atomic mass is 10.3. The molecule has 1 amide bonds. The van der Waals surface area contributed by atoms with E-state index < -0.39 is 6.04 Å². The number of carbonyl (C=O) groups is 1. The largest absolute Gasteiger partial charge is 0.309 e. The van der Waals surface area contributed by atoms with E-state index in [4.69, 9.17) is 0 Å². The van der Waals surface area contributed by atoms with Gasteiger partial charge in [0.05, 0.1) is 4.88 Å². The number of hydrogen-bond acceptors (Lipinski definition) is 5. The van der Waals surface area contributed by atoms with Crippen molar-refractivity contribution in [3.63, 3.8) is 0 Å². The minimum absolute atomic E-state index is 0.324. The van der Waals surface area contributed by atoms with Gasteiger partial charge in [-0.1, -0.05) is 12.1 Å². The number of carbonyl (C=O) groups excluding carboxylic acids is 1. The van der Waals surface area contributed by atoms with Gasteiger partial charge in [-0.05, 0) is 43.5 Å². The Balaban J connectivity index is 1.86. The van der Waals surface area contributed by atoms with Gasteiger partial charge in [0, 0.05) is 11.8 Å². The fourth-order valence-electron chi connectivity index (χ4n) is 2.21. The van der Waals surface area contributed by atoms with E-state index in [-0.39, 0.29) is 11.5 Å². The summed E-state index contributed by atoms with van der Waals surface area (Å²) in [6.07, 6.45) is 0. The van der Waals surface area contributed by atoms with Gasteiger partial charge in [0.15, 0.2) is 0 Å². The number of aromatic nitrogens is 3. The maximum absolute atomic E-state index is 12.4. The van der Waals surface area contributed by atoms with Crippen molar-refractivity contribution in [3.05, 3.63) is 63.9 Å². The summed E-state index contributed by atoms with van der Waals surface area (Å²) >= 11 is 1.53. The number of pyridine rings is 1. The van der Waals surface area contributed by atoms with E-state index in [1.165, 1.54) is 22.1 Å². The number of anilines is 1. The Morgan fingerprint density at radius 3 is 2.75 bits per heavy atom. The predicted octanol–water partition coefficient (Wildman–Crippen LogP) is 2.87. The second-order valence-electron chi connectivity index (χ2n) is 5.31. The van der Waals surface area contributed by atoms with E-state index in [1.54, 1.807) is 19.1 Å². The molecule has 6 nitrogen and oxygen atoms in total. The summed E-state index contributed by atoms with van der Waals surface area (Å²) in [7, 11) is 0. The lowest BCUT2D eigenvalue weighted by molar-refractivity contribution is -0.119. The summed E-state index contributed by atoms with van der Waals surface area (Å²) < 4.78 is 1.19. The Hall–Kier alpha value is -2.80. The molecule has 3 rings (SSSR count). The maximum Gasteiger partial charge on any atom is 0.267 e. The number of thiophene rings is 1. The van der Waals surface area contributed by atoms with Crippen LogP contribution in [0, 0.1) is 6.92 Å². The van der Waals surface area contributed by atoms with Crippen molar-refractivity contribution in [2.24, 2.45) is 0 Å². The number of nitrogens with one attached hydrogen (secondary N) is 1. The van der Waals surface area contributed by atoms with E-state index in [9.17, 15) is 9.59 Å². The second kappa shape index (κ2) is 6.76. The van der Waals surface area contributed by atoms with Gasteiger partial charge in [0.1, 0.15) is 17.6 Å². The van der Waals surface area contributed by atoms with E-state index in [0.717, 1.165) is 10.6 Å². The minimum Gasteiger partial charge on any atom is -0.309 e. The summed E-state index contributed by atoms with van der Waals surface area (Å²) in [6.45, 7) is 3.48. The molecule has 0 spiro atoms. The predicted molar refractivity (Wildman–Crippen MR) is 94.1 cm³/mol. The molecule has 0 aliphatic heterocycles. The van der Waals surface area contributed by atoms with Crippen molar-refractivity contribution in [2.75, 3.05) is 5.32 Å². The molecule has 0 fully saturated rings. The van der Waals surface area contributed by atoms with E-state index in [1.807, 2.05) is 36.6 Å². The highest BCUT2D eigenvalue weighted by Crippen LogP contribution is 2.21. The highest BCUT2D eigenvalue weighted by molar-refractivity contribution is 7.13. The third-order valence-electron chi connectivity index (χ3n) is 3.48. The van der Waals surface area contributed by atoms with Crippen LogP contribution in [0.1, 0.15) is 18.7 Å². The quantitative estimate of drug-likeness (QED) is 0.792. The smallest absolute Gasteiger partial charge is 0.267 e. The molecule has 24 heavy (non-hydrogen) atoms. The molecule has 3 aromatic heterocycles. The number of aryl methyl sites for hydroxylation is 1. The van der Waals surface area contributed by atoms with Crippen molar-refractivity contribution in [3.8, 4) is 10.6 Å². The zero-order valence-electron chi connectivity index (χ0n) is 13.3. The zero-order valence-corrected chi connectivity index (χ0v) is 14.1. The molecule has 3 heterocycles. The molecule has 1 atom stereocenters. The van der Waals surface area contributed by atoms with Gasteiger partial charge in [0.25, 0.3) is 5.56 Å². The first kappa shape index (κ1) is 16.1. The van der Waals surface area contributed by atoms with Gasteiger partial charge in [-0.3, -0.25) is 9.59 Å². The van der Waals surface area contributed by atoms with Crippen LogP contribution >= 0.6 is 11.3 Å². The number of amides is 1. The molecule has 1 unspecified atom stereocenters. The van der Waals surface area contributed by atoms with Crippen molar-refractivity contribution in [1.82, 2.24) is 14.8 Å². The molecule has 0 radical (unpaired) electrons. The van der Waals surface area contributed by atoms with Crippen LogP contribution in [0.2, 0.25) is 0 Å². The number of hydrogen-bond donors (Lipinski definition) is 1. The van der Waals surface area contributed by atoms with Gasteiger partial charge in [-0.25, -0.2) is 9.67 Å². The first-order valence-electron chi connectivity index (χ1n) is 7.43. The summed E-state index contributed by atoms with van der Waals surface area (Å²) in [5.74, 6) is 0.111. The van der Waals surface area contributed by atoms with Crippen LogP contribution in [0.25, 0.3) is 10.6 Å². The molecule has 0 aliphatic carbocycles. The molecule has 0 saturated heterocycles. The molecule has 0 saturated carbocycles. The Kier molecular flexibility index (Phi) is 4.52. The fraction of sp³-hybridized carbons (Fsp3) is 0.176. The first-order chi connectivity index (χ1) is 11.5. The normalized spacial score (nSPS) is 11.9. The molecule has 0 bridgehead atoms. The summed E-state index contributed by atoms with van der Waals surface area (Å²) in [6, 6.07) is 11.5. The van der Waals surface area contributed by atoms with Gasteiger partial charge in [-0.15, -0.1) is 11.3 Å². The molecule has 1 N–H and O–H groups in total. The van der Waals surface area contributed by atoms with Crippen LogP contribution in [0.3, 0.4) is 0 Å². The van der Waals surface area contributed by atoms with E-state index in [2.05, 4.69) is 15.4 Å². The molecule has 122 valence electrons. The van der Waals surface area contributed by atoms with E-state index >= 15 is 0 Å². The molecule has 3 aromatic rings. The second-order valence-corrected chi connectivity index (χ2v) is 6.26. The molecule has 7 heteroatoms. The topological polar surface area (TPSA) is 76.9 Å². The van der Waals surface area contributed by atoms with Gasteiger partial charge < -0.3 is 5.32 Å². The average molecular weight is 340 g/mol. The Morgan fingerprint density at radius 1 is 1.21 bits per heavy atom. The van der Waals surface area contributed by atoms with Crippen LogP contribution in [0.4, 0.5) is 5.82 Å². The van der Waals surface area contributed by atoms with Crippen LogP contribution in [0.5, 0.6) is 0 Å². The summed E-state index contributed by atoms with van der Waals surface area (Å²) in [5.41, 5.74) is 1.14. The summed E-state index contributed by atoms with van der Waals surface area (Å²) in [4.78, 5) is 29.7. The molecular formula is C17H16N4O2S. The first-order valence-corrected chi connectivity index (χ1v) is 8.31. The Bertz CT molecular complexity index is 918. The van der Waals surface area contributed by atoms with Gasteiger partial charge >= 0.3 is 0 Å². The highest BCUT2D eigenvalue weighted by atomic mass is 32.1. The van der Waals surface area contributed by atoms with Gasteiger partial charge in [0.2, 0.25) is 5.91 Å². The molecular weight excluding hydrogens is 324 g/mol. The van der Waals surface area contributed by atoms with Crippen molar-refractivity contribution < 1.29 is 4.79 Å². The van der Waals surface area contributed by atoms with Crippen molar-refractivity contribution in [1.29, 1.82) is 0 Å². The number of nitrogens with zero attached hydrogens (tertiary/aromatic N) is 3. The monoisotopic (exact) mass is 340 g/mol. The SMILES string of the molecule is Cc1cccc(NC(=O)C(C)n2nc(-c3cccs3)ccc2=O)n1. The third-order valence-corrected chi connectivity index (χ3v) is 4.38. The lowest BCUT2D eigenvalue weighted by Crippen LogP contribution is -2.33. The maximum atomic E-state index is 12.4. The standard InChI is InChI=1S/C17H16N4O2S/c1-11-5-3-7-15(18-11)19-17(23)12(2)21-16(22)9-8-13(20-21)14-6-4-10-24-14/h3-10,12H,1-2H3,(H,18,19,23). The van der Waals surface area contributed by atoms with Crippen LogP contribution in [-0.4, -0.2) is 20.7 Å². The van der Waals surface area contributed by atoms with Crippen LogP contribution < -0.4 is 10.9 Å². The Labute approximate surface area is 142 Å². The van der Waals surface area contributed by atoms with Crippen LogP contribution in [0.15, 0.2) is 52.6 Å².